The van der Waals surface area contributed by atoms with Crippen LogP contribution >= 0.6 is 24.0 Å². The average Bonchev–Trinajstić information content (AvgIpc) is 3.37. The molecule has 3 aliphatic rings. The fraction of sp³-hybridized carbons (Fsp3) is 0.652. The Labute approximate surface area is 198 Å². The lowest BCUT2D eigenvalue weighted by Gasteiger charge is -2.39. The quantitative estimate of drug-likeness (QED) is 0.365. The Morgan fingerprint density at radius 3 is 2.23 bits per heavy atom. The van der Waals surface area contributed by atoms with Gasteiger partial charge in [-0.2, -0.15) is 0 Å². The van der Waals surface area contributed by atoms with Crippen molar-refractivity contribution in [1.29, 1.82) is 0 Å². The first-order valence-corrected chi connectivity index (χ1v) is 11.2. The highest BCUT2D eigenvalue weighted by Gasteiger charge is 2.44. The Kier molecular flexibility index (Phi) is 8.01. The maximum Gasteiger partial charge on any atom is 0.239 e. The Hall–Kier alpha value is -1.35. The highest BCUT2D eigenvalue weighted by atomic mass is 127. The first kappa shape index (κ1) is 23.3. The minimum absolute atomic E-state index is 0. The molecule has 4 rings (SSSR count). The minimum Gasteiger partial charge on any atom is -0.355 e. The van der Waals surface area contributed by atoms with Gasteiger partial charge in [-0.15, -0.1) is 24.0 Å². The third-order valence-corrected chi connectivity index (χ3v) is 6.97. The molecule has 1 amide bonds. The van der Waals surface area contributed by atoms with Gasteiger partial charge in [0.15, 0.2) is 5.96 Å². The molecule has 1 aliphatic carbocycles. The van der Waals surface area contributed by atoms with Crippen LogP contribution in [0, 0.1) is 0 Å². The van der Waals surface area contributed by atoms with Crippen molar-refractivity contribution in [3.63, 3.8) is 0 Å². The number of nitrogens with one attached hydrogen (secondary N) is 1. The third kappa shape index (κ3) is 5.10. The summed E-state index contributed by atoms with van der Waals surface area (Å²) >= 11 is 0. The Balaban J connectivity index is 0.00000256. The van der Waals surface area contributed by atoms with Gasteiger partial charge in [-0.1, -0.05) is 30.3 Å². The molecule has 1 atom stereocenters. The first-order chi connectivity index (χ1) is 14.1. The van der Waals surface area contributed by atoms with E-state index >= 15 is 0 Å². The summed E-state index contributed by atoms with van der Waals surface area (Å²) in [6, 6.07) is 10.8. The standard InChI is InChI=1S/C23H35N5O.HI/c1-19(21(29)27-12-6-7-13-27)26-14-16-28(17-15-26)22(24-2)25-18-23(10-11-23)20-8-4-3-5-9-20;/h3-5,8-9,19H,6-7,10-18H2,1-2H3,(H,24,25);1H. The molecular weight excluding hydrogens is 489 g/mol. The molecule has 1 unspecified atom stereocenters. The van der Waals surface area contributed by atoms with E-state index in [1.54, 1.807) is 0 Å². The van der Waals surface area contributed by atoms with Crippen molar-refractivity contribution in [1.82, 2.24) is 20.0 Å². The molecule has 1 aromatic carbocycles. The topological polar surface area (TPSA) is 51.2 Å². The van der Waals surface area contributed by atoms with Crippen LogP contribution in [0.25, 0.3) is 0 Å². The monoisotopic (exact) mass is 525 g/mol. The van der Waals surface area contributed by atoms with E-state index in [1.165, 1.54) is 18.4 Å². The fourth-order valence-corrected chi connectivity index (χ4v) is 4.77. The van der Waals surface area contributed by atoms with Crippen LogP contribution in [-0.2, 0) is 10.2 Å². The van der Waals surface area contributed by atoms with Crippen LogP contribution in [0.4, 0.5) is 0 Å². The number of piperazine rings is 1. The normalized spacial score (nSPS) is 22.4. The molecule has 7 heteroatoms. The minimum atomic E-state index is -0.0157. The van der Waals surface area contributed by atoms with Crippen LogP contribution in [0.1, 0.15) is 38.2 Å². The molecular formula is C23H36IN5O. The first-order valence-electron chi connectivity index (χ1n) is 11.2. The van der Waals surface area contributed by atoms with Crippen LogP contribution in [0.3, 0.4) is 0 Å². The Morgan fingerprint density at radius 1 is 1.03 bits per heavy atom. The zero-order chi connectivity index (χ0) is 20.3. The van der Waals surface area contributed by atoms with Gasteiger partial charge < -0.3 is 15.1 Å². The van der Waals surface area contributed by atoms with Crippen molar-refractivity contribution in [3.8, 4) is 0 Å². The summed E-state index contributed by atoms with van der Waals surface area (Å²) in [7, 11) is 1.87. The van der Waals surface area contributed by atoms with Crippen LogP contribution in [0.2, 0.25) is 0 Å². The van der Waals surface area contributed by atoms with Crippen molar-refractivity contribution in [2.24, 2.45) is 4.99 Å². The second kappa shape index (κ2) is 10.3. The molecule has 1 aromatic rings. The van der Waals surface area contributed by atoms with E-state index in [9.17, 15) is 4.79 Å². The van der Waals surface area contributed by atoms with Crippen molar-refractivity contribution in [2.45, 2.75) is 44.1 Å². The molecule has 1 N–H and O–H groups in total. The number of likely N-dealkylation sites (tertiary alicyclic amines) is 1. The van der Waals surface area contributed by atoms with E-state index < -0.39 is 0 Å². The SMILES string of the molecule is CN=C(NCC1(c2ccccc2)CC1)N1CCN(C(C)C(=O)N2CCCC2)CC1.I. The fourth-order valence-electron chi connectivity index (χ4n) is 4.77. The van der Waals surface area contributed by atoms with Crippen LogP contribution < -0.4 is 5.32 Å². The molecule has 3 fully saturated rings. The second-order valence-electron chi connectivity index (χ2n) is 8.78. The number of guanidine groups is 1. The molecule has 6 nitrogen and oxygen atoms in total. The van der Waals surface area contributed by atoms with Gasteiger partial charge in [-0.3, -0.25) is 14.7 Å². The lowest BCUT2D eigenvalue weighted by atomic mass is 9.96. The zero-order valence-corrected chi connectivity index (χ0v) is 20.7. The number of hydrogen-bond acceptors (Lipinski definition) is 3. The van der Waals surface area contributed by atoms with Gasteiger partial charge in [0.25, 0.3) is 0 Å². The molecule has 2 aliphatic heterocycles. The van der Waals surface area contributed by atoms with Gasteiger partial charge in [0.2, 0.25) is 5.91 Å². The number of halogens is 1. The maximum atomic E-state index is 12.7. The molecule has 0 aromatic heterocycles. The number of benzene rings is 1. The molecule has 0 spiro atoms. The van der Waals surface area contributed by atoms with Gasteiger partial charge >= 0.3 is 0 Å². The average molecular weight is 525 g/mol. The summed E-state index contributed by atoms with van der Waals surface area (Å²) in [5, 5.41) is 3.63. The van der Waals surface area contributed by atoms with Crippen molar-refractivity contribution < 1.29 is 4.79 Å². The lowest BCUT2D eigenvalue weighted by molar-refractivity contribution is -0.135. The smallest absolute Gasteiger partial charge is 0.239 e. The van der Waals surface area contributed by atoms with Crippen molar-refractivity contribution >= 4 is 35.8 Å². The predicted molar refractivity (Wildman–Crippen MR) is 133 cm³/mol. The maximum absolute atomic E-state index is 12.7. The van der Waals surface area contributed by atoms with Crippen LogP contribution in [-0.4, -0.2) is 85.5 Å². The molecule has 0 bridgehead atoms. The van der Waals surface area contributed by atoms with Gasteiger partial charge in [-0.25, -0.2) is 0 Å². The second-order valence-corrected chi connectivity index (χ2v) is 8.78. The van der Waals surface area contributed by atoms with Gasteiger partial charge in [0.1, 0.15) is 0 Å². The van der Waals surface area contributed by atoms with E-state index in [0.717, 1.165) is 64.6 Å². The number of aliphatic imine (C=N–C) groups is 1. The summed E-state index contributed by atoms with van der Waals surface area (Å²) in [5.41, 5.74) is 1.71. The van der Waals surface area contributed by atoms with E-state index in [4.69, 9.17) is 0 Å². The number of nitrogens with zero attached hydrogens (tertiary/aromatic N) is 4. The van der Waals surface area contributed by atoms with Crippen molar-refractivity contribution in [3.05, 3.63) is 35.9 Å². The van der Waals surface area contributed by atoms with Crippen LogP contribution in [0.5, 0.6) is 0 Å². The summed E-state index contributed by atoms with van der Waals surface area (Å²) in [5.74, 6) is 1.29. The van der Waals surface area contributed by atoms with E-state index in [0.29, 0.717) is 5.91 Å². The van der Waals surface area contributed by atoms with Crippen LogP contribution in [0.15, 0.2) is 35.3 Å². The number of carbonyl (C=O) groups is 1. The summed E-state index contributed by atoms with van der Waals surface area (Å²) in [6.45, 7) is 8.52. The summed E-state index contributed by atoms with van der Waals surface area (Å²) in [6.07, 6.45) is 4.78. The van der Waals surface area contributed by atoms with Gasteiger partial charge in [0.05, 0.1) is 6.04 Å². The molecule has 1 saturated carbocycles. The number of rotatable bonds is 5. The van der Waals surface area contributed by atoms with Crippen molar-refractivity contribution in [2.75, 3.05) is 52.9 Å². The Morgan fingerprint density at radius 2 is 1.67 bits per heavy atom. The van der Waals surface area contributed by atoms with E-state index in [-0.39, 0.29) is 35.4 Å². The Bertz CT molecular complexity index is 722. The number of carbonyl (C=O) groups excluding carboxylic acids is 1. The molecule has 166 valence electrons. The lowest BCUT2D eigenvalue weighted by Crippen LogP contribution is -2.57. The van der Waals surface area contributed by atoms with Gasteiger partial charge in [-0.05, 0) is 38.2 Å². The summed E-state index contributed by atoms with van der Waals surface area (Å²) in [4.78, 5) is 24.0. The van der Waals surface area contributed by atoms with E-state index in [2.05, 4.69) is 57.4 Å². The largest absolute Gasteiger partial charge is 0.355 e. The molecule has 2 saturated heterocycles. The predicted octanol–water partition coefficient (Wildman–Crippen LogP) is 2.54. The molecule has 2 heterocycles. The van der Waals surface area contributed by atoms with Gasteiger partial charge in [0, 0.05) is 58.3 Å². The molecule has 30 heavy (non-hydrogen) atoms. The third-order valence-electron chi connectivity index (χ3n) is 6.97. The molecule has 0 radical (unpaired) electrons. The highest BCUT2D eigenvalue weighted by Crippen LogP contribution is 2.47. The highest BCUT2D eigenvalue weighted by molar-refractivity contribution is 14.0. The van der Waals surface area contributed by atoms with E-state index in [1.807, 2.05) is 11.9 Å². The number of amides is 1. The number of hydrogen-bond donors (Lipinski definition) is 1. The summed E-state index contributed by atoms with van der Waals surface area (Å²) < 4.78 is 0. The zero-order valence-electron chi connectivity index (χ0n) is 18.3.